The number of benzene rings is 3. The van der Waals surface area contributed by atoms with Gasteiger partial charge in [-0.05, 0) is 60.9 Å². The Balaban J connectivity index is 1.86. The quantitative estimate of drug-likeness (QED) is 0.710. The SMILES string of the molecule is COc1ccc2cc(S(=O)(=O)NC(C)(C)Cc3ccccc3)ccc2c1. The summed E-state index contributed by atoms with van der Waals surface area (Å²) in [5, 5.41) is 1.79. The van der Waals surface area contributed by atoms with E-state index in [9.17, 15) is 8.42 Å². The summed E-state index contributed by atoms with van der Waals surface area (Å²) in [5.74, 6) is 0.746. The fraction of sp³-hybridized carbons (Fsp3) is 0.238. The maximum Gasteiger partial charge on any atom is 0.241 e. The molecule has 0 unspecified atom stereocenters. The summed E-state index contributed by atoms with van der Waals surface area (Å²) in [6.45, 7) is 3.78. The molecule has 136 valence electrons. The molecule has 0 aliphatic heterocycles. The minimum atomic E-state index is -3.63. The molecule has 0 fully saturated rings. The molecule has 0 saturated carbocycles. The lowest BCUT2D eigenvalue weighted by molar-refractivity contribution is 0.415. The number of fused-ring (bicyclic) bond motifs is 1. The first-order valence-electron chi connectivity index (χ1n) is 8.45. The Morgan fingerprint density at radius 3 is 2.27 bits per heavy atom. The molecular formula is C21H23NO3S. The van der Waals surface area contributed by atoms with E-state index >= 15 is 0 Å². The molecule has 3 aromatic rings. The number of hydrogen-bond donors (Lipinski definition) is 1. The second-order valence-electron chi connectivity index (χ2n) is 7.03. The average molecular weight is 369 g/mol. The molecule has 3 aromatic carbocycles. The Morgan fingerprint density at radius 1 is 0.923 bits per heavy atom. The molecule has 0 bridgehead atoms. The number of sulfonamides is 1. The molecule has 0 radical (unpaired) electrons. The molecule has 0 atom stereocenters. The van der Waals surface area contributed by atoms with Gasteiger partial charge in [-0.2, -0.15) is 0 Å². The van der Waals surface area contributed by atoms with Gasteiger partial charge in [0.1, 0.15) is 5.75 Å². The zero-order valence-electron chi connectivity index (χ0n) is 15.2. The van der Waals surface area contributed by atoms with Gasteiger partial charge in [0, 0.05) is 5.54 Å². The van der Waals surface area contributed by atoms with Gasteiger partial charge < -0.3 is 4.74 Å². The Hall–Kier alpha value is -2.37. The first-order chi connectivity index (χ1) is 12.3. The third-order valence-electron chi connectivity index (χ3n) is 4.23. The predicted octanol–water partition coefficient (Wildman–Crippen LogP) is 4.15. The topological polar surface area (TPSA) is 55.4 Å². The van der Waals surface area contributed by atoms with Gasteiger partial charge in [-0.3, -0.25) is 0 Å². The molecule has 4 nitrogen and oxygen atoms in total. The van der Waals surface area contributed by atoms with Crippen LogP contribution in [0.4, 0.5) is 0 Å². The first kappa shape index (κ1) is 18.4. The molecule has 26 heavy (non-hydrogen) atoms. The van der Waals surface area contributed by atoms with Gasteiger partial charge in [0.2, 0.25) is 10.0 Å². The van der Waals surface area contributed by atoms with Crippen molar-refractivity contribution >= 4 is 20.8 Å². The molecule has 0 aliphatic rings. The summed E-state index contributed by atoms with van der Waals surface area (Å²) in [6.07, 6.45) is 0.609. The lowest BCUT2D eigenvalue weighted by Crippen LogP contribution is -2.44. The van der Waals surface area contributed by atoms with Crippen molar-refractivity contribution in [3.8, 4) is 5.75 Å². The van der Waals surface area contributed by atoms with Crippen molar-refractivity contribution in [3.05, 3.63) is 72.3 Å². The predicted molar refractivity (Wildman–Crippen MR) is 105 cm³/mol. The maximum atomic E-state index is 12.9. The number of hydrogen-bond acceptors (Lipinski definition) is 3. The highest BCUT2D eigenvalue weighted by molar-refractivity contribution is 7.89. The summed E-state index contributed by atoms with van der Waals surface area (Å²) in [6, 6.07) is 20.6. The number of rotatable bonds is 6. The molecule has 5 heteroatoms. The highest BCUT2D eigenvalue weighted by Crippen LogP contribution is 2.24. The zero-order valence-corrected chi connectivity index (χ0v) is 16.0. The van der Waals surface area contributed by atoms with Crippen LogP contribution in [-0.4, -0.2) is 21.1 Å². The van der Waals surface area contributed by atoms with Crippen LogP contribution in [0.5, 0.6) is 5.75 Å². The van der Waals surface area contributed by atoms with Gasteiger partial charge in [0.05, 0.1) is 12.0 Å². The zero-order chi connectivity index (χ0) is 18.8. The molecule has 3 rings (SSSR count). The van der Waals surface area contributed by atoms with Crippen LogP contribution in [0, 0.1) is 0 Å². The van der Waals surface area contributed by atoms with E-state index in [4.69, 9.17) is 4.74 Å². The van der Waals surface area contributed by atoms with Gasteiger partial charge in [0.25, 0.3) is 0 Å². The third kappa shape index (κ3) is 4.23. The first-order valence-corrected chi connectivity index (χ1v) is 9.93. The molecular weight excluding hydrogens is 346 g/mol. The highest BCUT2D eigenvalue weighted by atomic mass is 32.2. The fourth-order valence-electron chi connectivity index (χ4n) is 3.06. The van der Waals surface area contributed by atoms with Crippen molar-refractivity contribution in [2.75, 3.05) is 7.11 Å². The normalized spacial score (nSPS) is 12.3. The van der Waals surface area contributed by atoms with Crippen LogP contribution in [0.2, 0.25) is 0 Å². The lowest BCUT2D eigenvalue weighted by atomic mass is 9.96. The van der Waals surface area contributed by atoms with E-state index in [2.05, 4.69) is 4.72 Å². The van der Waals surface area contributed by atoms with Crippen LogP contribution in [0.3, 0.4) is 0 Å². The van der Waals surface area contributed by atoms with E-state index in [1.165, 1.54) is 0 Å². The van der Waals surface area contributed by atoms with E-state index < -0.39 is 15.6 Å². The Kier molecular flexibility index (Phi) is 5.03. The third-order valence-corrected chi connectivity index (χ3v) is 5.92. The second-order valence-corrected chi connectivity index (χ2v) is 8.71. The fourth-order valence-corrected chi connectivity index (χ4v) is 4.51. The highest BCUT2D eigenvalue weighted by Gasteiger charge is 2.26. The van der Waals surface area contributed by atoms with Crippen molar-refractivity contribution in [2.45, 2.75) is 30.7 Å². The number of methoxy groups -OCH3 is 1. The summed E-state index contributed by atoms with van der Waals surface area (Å²) < 4.78 is 33.8. The van der Waals surface area contributed by atoms with E-state index in [1.807, 2.05) is 62.4 Å². The Morgan fingerprint density at radius 2 is 1.58 bits per heavy atom. The summed E-state index contributed by atoms with van der Waals surface area (Å²) >= 11 is 0. The van der Waals surface area contributed by atoms with Crippen molar-refractivity contribution in [1.82, 2.24) is 4.72 Å². The molecule has 0 amide bonds. The van der Waals surface area contributed by atoms with Gasteiger partial charge in [-0.1, -0.05) is 42.5 Å². The average Bonchev–Trinajstić information content (AvgIpc) is 2.60. The van der Waals surface area contributed by atoms with Gasteiger partial charge >= 0.3 is 0 Å². The van der Waals surface area contributed by atoms with Crippen LogP contribution in [-0.2, 0) is 16.4 Å². The number of ether oxygens (including phenoxy) is 1. The molecule has 0 aliphatic carbocycles. The monoisotopic (exact) mass is 369 g/mol. The largest absolute Gasteiger partial charge is 0.497 e. The molecule has 0 spiro atoms. The van der Waals surface area contributed by atoms with Gasteiger partial charge in [-0.25, -0.2) is 13.1 Å². The molecule has 0 heterocycles. The van der Waals surface area contributed by atoms with E-state index in [1.54, 1.807) is 25.3 Å². The van der Waals surface area contributed by atoms with Gasteiger partial charge in [-0.15, -0.1) is 0 Å². The van der Waals surface area contributed by atoms with Crippen LogP contribution >= 0.6 is 0 Å². The van der Waals surface area contributed by atoms with Crippen LogP contribution in [0.15, 0.2) is 71.6 Å². The van der Waals surface area contributed by atoms with Crippen molar-refractivity contribution in [3.63, 3.8) is 0 Å². The summed E-state index contributed by atoms with van der Waals surface area (Å²) in [5.41, 5.74) is 0.487. The van der Waals surface area contributed by atoms with Crippen LogP contribution < -0.4 is 9.46 Å². The maximum absolute atomic E-state index is 12.9. The second kappa shape index (κ2) is 7.09. The summed E-state index contributed by atoms with van der Waals surface area (Å²) in [7, 11) is -2.02. The van der Waals surface area contributed by atoms with Crippen molar-refractivity contribution in [2.24, 2.45) is 0 Å². The Bertz CT molecular complexity index is 1010. The smallest absolute Gasteiger partial charge is 0.241 e. The van der Waals surface area contributed by atoms with Crippen molar-refractivity contribution in [1.29, 1.82) is 0 Å². The summed E-state index contributed by atoms with van der Waals surface area (Å²) in [4.78, 5) is 0.260. The van der Waals surface area contributed by atoms with Crippen molar-refractivity contribution < 1.29 is 13.2 Å². The van der Waals surface area contributed by atoms with E-state index in [0.29, 0.717) is 6.42 Å². The van der Waals surface area contributed by atoms with Gasteiger partial charge in [0.15, 0.2) is 0 Å². The molecule has 1 N–H and O–H groups in total. The van der Waals surface area contributed by atoms with Crippen LogP contribution in [0.25, 0.3) is 10.8 Å². The van der Waals surface area contributed by atoms with E-state index in [-0.39, 0.29) is 4.90 Å². The van der Waals surface area contributed by atoms with Crippen LogP contribution in [0.1, 0.15) is 19.4 Å². The van der Waals surface area contributed by atoms with E-state index in [0.717, 1.165) is 22.1 Å². The minimum Gasteiger partial charge on any atom is -0.497 e. The molecule has 0 saturated heterocycles. The number of nitrogens with one attached hydrogen (secondary N) is 1. The Labute approximate surface area is 154 Å². The lowest BCUT2D eigenvalue weighted by Gasteiger charge is -2.26. The molecule has 0 aromatic heterocycles. The minimum absolute atomic E-state index is 0.260. The standard InChI is InChI=1S/C21H23NO3S/c1-21(2,15-16-7-5-4-6-8-16)22-26(23,24)20-12-10-17-13-19(25-3)11-9-18(17)14-20/h4-14,22H,15H2,1-3H3.